The number of nitrogens with one attached hydrogen (secondary N) is 2. The second-order valence-corrected chi connectivity index (χ2v) is 6.08. The van der Waals surface area contributed by atoms with Gasteiger partial charge in [-0.3, -0.25) is 9.35 Å². The van der Waals surface area contributed by atoms with Gasteiger partial charge < -0.3 is 21.5 Å². The summed E-state index contributed by atoms with van der Waals surface area (Å²) < 4.78 is 31.6. The predicted molar refractivity (Wildman–Crippen MR) is 78.4 cm³/mol. The molecule has 1 aromatic rings. The number of aliphatic carboxylic acids is 1. The number of benzene rings is 1. The Balaban J connectivity index is 2.90. The minimum Gasteiger partial charge on any atom is -0.480 e. The van der Waals surface area contributed by atoms with Crippen LogP contribution in [0.25, 0.3) is 0 Å². The molecule has 1 aromatic carbocycles. The lowest BCUT2D eigenvalue weighted by Gasteiger charge is -2.13. The molecule has 10 heteroatoms. The van der Waals surface area contributed by atoms with Gasteiger partial charge in [-0.1, -0.05) is 6.07 Å². The Morgan fingerprint density at radius 2 is 1.86 bits per heavy atom. The molecule has 1 atom stereocenters. The summed E-state index contributed by atoms with van der Waals surface area (Å²) in [4.78, 5) is 21.9. The van der Waals surface area contributed by atoms with E-state index in [9.17, 15) is 18.0 Å². The van der Waals surface area contributed by atoms with Gasteiger partial charge in [0.1, 0.15) is 6.04 Å². The van der Waals surface area contributed by atoms with Gasteiger partial charge in [0.2, 0.25) is 0 Å². The highest BCUT2D eigenvalue weighted by atomic mass is 32.2. The SMILES string of the molecule is Cc1cc(C)c(S(=O)(=O)O)cc1NC(=O)NC[C@H](N)C(=O)O. The molecule has 0 heterocycles. The van der Waals surface area contributed by atoms with E-state index in [-0.39, 0.29) is 17.1 Å². The molecule has 0 aliphatic heterocycles. The van der Waals surface area contributed by atoms with E-state index >= 15 is 0 Å². The monoisotopic (exact) mass is 331 g/mol. The molecule has 22 heavy (non-hydrogen) atoms. The lowest BCUT2D eigenvalue weighted by atomic mass is 10.1. The third-order valence-corrected chi connectivity index (χ3v) is 3.84. The number of aryl methyl sites for hydroxylation is 2. The quantitative estimate of drug-likeness (QED) is 0.478. The number of carboxylic acid groups (broad SMARTS) is 1. The summed E-state index contributed by atoms with van der Waals surface area (Å²) >= 11 is 0. The number of urea groups is 1. The predicted octanol–water partition coefficient (Wildman–Crippen LogP) is 0.0835. The van der Waals surface area contributed by atoms with Crippen LogP contribution in [0.1, 0.15) is 11.1 Å². The minimum atomic E-state index is -4.41. The molecule has 0 bridgehead atoms. The number of amides is 2. The smallest absolute Gasteiger partial charge is 0.322 e. The molecule has 0 unspecified atom stereocenters. The number of hydrogen-bond donors (Lipinski definition) is 5. The normalized spacial score (nSPS) is 12.5. The average Bonchev–Trinajstić information content (AvgIpc) is 2.37. The van der Waals surface area contributed by atoms with Crippen molar-refractivity contribution in [3.63, 3.8) is 0 Å². The van der Waals surface area contributed by atoms with Crippen LogP contribution in [0.3, 0.4) is 0 Å². The molecule has 0 radical (unpaired) electrons. The average molecular weight is 331 g/mol. The molecule has 1 rings (SSSR count). The van der Waals surface area contributed by atoms with Crippen molar-refractivity contribution in [2.24, 2.45) is 5.73 Å². The summed E-state index contributed by atoms with van der Waals surface area (Å²) in [5, 5.41) is 13.2. The molecule has 122 valence electrons. The molecule has 0 aliphatic carbocycles. The Morgan fingerprint density at radius 1 is 1.27 bits per heavy atom. The molecule has 0 saturated heterocycles. The van der Waals surface area contributed by atoms with Crippen molar-refractivity contribution >= 4 is 27.8 Å². The van der Waals surface area contributed by atoms with Crippen LogP contribution >= 0.6 is 0 Å². The Hall–Kier alpha value is -2.17. The molecule has 0 saturated carbocycles. The fourth-order valence-corrected chi connectivity index (χ4v) is 2.43. The second kappa shape index (κ2) is 6.73. The summed E-state index contributed by atoms with van der Waals surface area (Å²) in [7, 11) is -4.41. The number of carbonyl (C=O) groups is 2. The first-order valence-electron chi connectivity index (χ1n) is 6.14. The summed E-state index contributed by atoms with van der Waals surface area (Å²) in [6, 6.07) is 0.612. The Labute approximate surface area is 127 Å². The van der Waals surface area contributed by atoms with Crippen molar-refractivity contribution in [2.75, 3.05) is 11.9 Å². The zero-order valence-corrected chi connectivity index (χ0v) is 12.8. The van der Waals surface area contributed by atoms with E-state index in [1.54, 1.807) is 6.92 Å². The van der Waals surface area contributed by atoms with E-state index in [4.69, 9.17) is 15.4 Å². The van der Waals surface area contributed by atoms with Crippen molar-refractivity contribution in [3.8, 4) is 0 Å². The number of nitrogens with two attached hydrogens (primary N) is 1. The first kappa shape index (κ1) is 17.9. The molecule has 2 amide bonds. The standard InChI is InChI=1S/C12H17N3O6S/c1-6-3-7(2)10(22(19,20)21)4-9(6)15-12(18)14-5-8(13)11(16)17/h3-4,8H,5,13H2,1-2H3,(H,16,17)(H2,14,15,18)(H,19,20,21)/t8-/m0/s1. The number of hydrogen-bond acceptors (Lipinski definition) is 5. The Bertz CT molecular complexity index is 701. The van der Waals surface area contributed by atoms with Crippen LogP contribution in [0.5, 0.6) is 0 Å². The summed E-state index contributed by atoms with van der Waals surface area (Å²) in [5.41, 5.74) is 6.31. The maximum Gasteiger partial charge on any atom is 0.322 e. The zero-order chi connectivity index (χ0) is 17.1. The lowest BCUT2D eigenvalue weighted by Crippen LogP contribution is -2.43. The largest absolute Gasteiger partial charge is 0.480 e. The van der Waals surface area contributed by atoms with Crippen molar-refractivity contribution in [1.82, 2.24) is 5.32 Å². The van der Waals surface area contributed by atoms with Gasteiger partial charge in [-0.15, -0.1) is 0 Å². The van der Waals surface area contributed by atoms with Gasteiger partial charge in [0.05, 0.1) is 4.90 Å². The van der Waals surface area contributed by atoms with Crippen LogP contribution in [0.15, 0.2) is 17.0 Å². The van der Waals surface area contributed by atoms with Crippen molar-refractivity contribution in [3.05, 3.63) is 23.3 Å². The fraction of sp³-hybridized carbons (Fsp3) is 0.333. The molecular formula is C12H17N3O6S. The van der Waals surface area contributed by atoms with Crippen LogP contribution < -0.4 is 16.4 Å². The highest BCUT2D eigenvalue weighted by molar-refractivity contribution is 7.85. The topological polar surface area (TPSA) is 159 Å². The van der Waals surface area contributed by atoms with E-state index in [1.807, 2.05) is 0 Å². The maximum atomic E-state index is 11.7. The van der Waals surface area contributed by atoms with Gasteiger partial charge in [-0.2, -0.15) is 8.42 Å². The number of anilines is 1. The van der Waals surface area contributed by atoms with Crippen LogP contribution in [0.4, 0.5) is 10.5 Å². The summed E-state index contributed by atoms with van der Waals surface area (Å²) in [6.07, 6.45) is 0. The van der Waals surface area contributed by atoms with Crippen molar-refractivity contribution in [2.45, 2.75) is 24.8 Å². The second-order valence-electron chi connectivity index (χ2n) is 4.69. The van der Waals surface area contributed by atoms with E-state index in [1.165, 1.54) is 13.0 Å². The molecule has 6 N–H and O–H groups in total. The molecule has 0 spiro atoms. The molecule has 0 aromatic heterocycles. The van der Waals surface area contributed by atoms with Gasteiger partial charge in [0.15, 0.2) is 0 Å². The molecule has 0 fully saturated rings. The number of carbonyl (C=O) groups excluding carboxylic acids is 1. The van der Waals surface area contributed by atoms with E-state index < -0.39 is 28.2 Å². The highest BCUT2D eigenvalue weighted by Crippen LogP contribution is 2.24. The van der Waals surface area contributed by atoms with Gasteiger partial charge in [-0.05, 0) is 31.0 Å². The highest BCUT2D eigenvalue weighted by Gasteiger charge is 2.17. The van der Waals surface area contributed by atoms with Gasteiger partial charge in [-0.25, -0.2) is 4.79 Å². The zero-order valence-electron chi connectivity index (χ0n) is 12.0. The third-order valence-electron chi connectivity index (χ3n) is 2.85. The van der Waals surface area contributed by atoms with E-state index in [0.29, 0.717) is 11.1 Å². The Kier molecular flexibility index (Phi) is 5.47. The molecule has 9 nitrogen and oxygen atoms in total. The maximum absolute atomic E-state index is 11.7. The first-order chi connectivity index (χ1) is 10.0. The van der Waals surface area contributed by atoms with Crippen LogP contribution in [0, 0.1) is 13.8 Å². The fourth-order valence-electron chi connectivity index (χ4n) is 1.70. The van der Waals surface area contributed by atoms with E-state index in [0.717, 1.165) is 6.07 Å². The number of carboxylic acids is 1. The minimum absolute atomic E-state index is 0.166. The van der Waals surface area contributed by atoms with Gasteiger partial charge in [0, 0.05) is 12.2 Å². The van der Waals surface area contributed by atoms with Gasteiger partial charge >= 0.3 is 12.0 Å². The van der Waals surface area contributed by atoms with Gasteiger partial charge in [0.25, 0.3) is 10.1 Å². The van der Waals surface area contributed by atoms with Crippen LogP contribution in [0.2, 0.25) is 0 Å². The Morgan fingerprint density at radius 3 is 2.36 bits per heavy atom. The summed E-state index contributed by atoms with van der Waals surface area (Å²) in [5.74, 6) is -1.26. The molecular weight excluding hydrogens is 314 g/mol. The number of rotatable bonds is 5. The first-order valence-corrected chi connectivity index (χ1v) is 7.58. The van der Waals surface area contributed by atoms with Crippen LogP contribution in [-0.4, -0.2) is 42.7 Å². The molecule has 0 aliphatic rings. The van der Waals surface area contributed by atoms with Crippen molar-refractivity contribution in [1.29, 1.82) is 0 Å². The van der Waals surface area contributed by atoms with Crippen molar-refractivity contribution < 1.29 is 27.7 Å². The summed E-state index contributed by atoms with van der Waals surface area (Å²) in [6.45, 7) is 2.85. The van der Waals surface area contributed by atoms with E-state index in [2.05, 4.69) is 10.6 Å². The third kappa shape index (κ3) is 4.69. The van der Waals surface area contributed by atoms with Crippen LogP contribution in [-0.2, 0) is 14.9 Å². The lowest BCUT2D eigenvalue weighted by molar-refractivity contribution is -0.138.